The van der Waals surface area contributed by atoms with E-state index in [0.717, 1.165) is 80.9 Å². The summed E-state index contributed by atoms with van der Waals surface area (Å²) in [6.07, 6.45) is 4.86. The summed E-state index contributed by atoms with van der Waals surface area (Å²) in [5, 5.41) is 15.6. The Labute approximate surface area is 556 Å². The monoisotopic (exact) mass is 1340 g/mol. The SMILES string of the molecule is C=C(C)CCCNC(=O)OCC(COC(=O)NCCOCOC(=C)C)COC(=O)NCCOCOC(=C)C.C=C(C)CCCNC(=O)OCCCCCCOC(=O)NCCOCOC(=C)C.C=C(C)CCCNC(=O)Oc1ccc(OCOC(=C)C)c(OCOC(=C)C)c1. The van der Waals surface area contributed by atoms with Gasteiger partial charge in [0.15, 0.2) is 31.9 Å². The van der Waals surface area contributed by atoms with Crippen LogP contribution in [0.15, 0.2) is 116 Å². The fourth-order valence-corrected chi connectivity index (χ4v) is 6.20. The number of ether oxygens (including phenoxy) is 16. The number of amides is 6. The first-order valence-electron chi connectivity index (χ1n) is 30.8. The van der Waals surface area contributed by atoms with Crippen molar-refractivity contribution in [1.82, 2.24) is 31.9 Å². The highest BCUT2D eigenvalue weighted by Crippen LogP contribution is 2.32. The molecule has 0 spiro atoms. The predicted octanol–water partition coefficient (Wildman–Crippen LogP) is 12.0. The largest absolute Gasteiger partial charge is 0.473 e. The van der Waals surface area contributed by atoms with Crippen molar-refractivity contribution in [2.45, 2.75) is 120 Å². The molecule has 0 unspecified atom stereocenters. The van der Waals surface area contributed by atoms with Gasteiger partial charge in [0, 0.05) is 45.3 Å². The Morgan fingerprint density at radius 3 is 0.989 bits per heavy atom. The topological polar surface area (TPSA) is 322 Å². The summed E-state index contributed by atoms with van der Waals surface area (Å²) in [7, 11) is 0. The lowest BCUT2D eigenvalue weighted by molar-refractivity contribution is -0.0212. The van der Waals surface area contributed by atoms with Crippen molar-refractivity contribution in [3.8, 4) is 17.2 Å². The van der Waals surface area contributed by atoms with Crippen molar-refractivity contribution >= 4 is 36.6 Å². The Bertz CT molecular complexity index is 2380. The van der Waals surface area contributed by atoms with Crippen LogP contribution in [0.25, 0.3) is 0 Å². The zero-order valence-electron chi connectivity index (χ0n) is 57.0. The molecular weight excluding hydrogens is 1230 g/mol. The highest BCUT2D eigenvalue weighted by Gasteiger charge is 2.18. The number of carbonyl (C=O) groups is 6. The summed E-state index contributed by atoms with van der Waals surface area (Å²) >= 11 is 0. The van der Waals surface area contributed by atoms with Gasteiger partial charge >= 0.3 is 36.6 Å². The van der Waals surface area contributed by atoms with Crippen LogP contribution in [0.4, 0.5) is 28.8 Å². The highest BCUT2D eigenvalue weighted by molar-refractivity contribution is 5.71. The number of hydrogen-bond donors (Lipinski definition) is 6. The first-order valence-corrected chi connectivity index (χ1v) is 30.8. The van der Waals surface area contributed by atoms with E-state index >= 15 is 0 Å². The summed E-state index contributed by atoms with van der Waals surface area (Å²) in [4.78, 5) is 70.6. The molecule has 0 aliphatic heterocycles. The van der Waals surface area contributed by atoms with Gasteiger partial charge in [-0.3, -0.25) is 0 Å². The maximum absolute atomic E-state index is 12.0. The minimum absolute atomic E-state index is 0.0224. The zero-order chi connectivity index (χ0) is 70.6. The first-order chi connectivity index (χ1) is 44.8. The van der Waals surface area contributed by atoms with Crippen molar-refractivity contribution in [2.75, 3.05) is 126 Å². The minimum atomic E-state index is -0.706. The van der Waals surface area contributed by atoms with Crippen LogP contribution in [-0.2, 0) is 61.6 Å². The molecule has 0 bridgehead atoms. The minimum Gasteiger partial charge on any atom is -0.473 e. The van der Waals surface area contributed by atoms with E-state index < -0.39 is 36.4 Å². The number of alkyl carbamates (subject to hydrolysis) is 5. The van der Waals surface area contributed by atoms with E-state index in [1.54, 1.807) is 46.8 Å². The number of nitrogens with one attached hydrogen (secondary N) is 6. The van der Waals surface area contributed by atoms with E-state index in [4.69, 9.17) is 75.8 Å². The quantitative estimate of drug-likeness (QED) is 0.0116. The molecule has 28 heteroatoms. The Morgan fingerprint density at radius 2 is 0.649 bits per heavy atom. The molecule has 28 nitrogen and oxygen atoms in total. The van der Waals surface area contributed by atoms with E-state index in [0.29, 0.717) is 92.0 Å². The van der Waals surface area contributed by atoms with Gasteiger partial charge in [0.2, 0.25) is 13.6 Å². The molecule has 1 aromatic rings. The van der Waals surface area contributed by atoms with Crippen LogP contribution in [0.1, 0.15) is 120 Å². The van der Waals surface area contributed by atoms with Gasteiger partial charge in [-0.05, 0) is 132 Å². The van der Waals surface area contributed by atoms with Crippen LogP contribution in [0, 0.1) is 5.92 Å². The van der Waals surface area contributed by atoms with Crippen molar-refractivity contribution in [2.24, 2.45) is 5.92 Å². The van der Waals surface area contributed by atoms with Crippen molar-refractivity contribution in [3.63, 3.8) is 0 Å². The summed E-state index contributed by atoms with van der Waals surface area (Å²) in [6, 6.07) is 4.74. The fraction of sp³-hybridized carbons (Fsp3) is 0.576. The smallest absolute Gasteiger partial charge is 0.412 e. The van der Waals surface area contributed by atoms with Gasteiger partial charge in [-0.15, -0.1) is 19.7 Å². The van der Waals surface area contributed by atoms with E-state index in [2.05, 4.69) is 84.5 Å². The number of hydrogen-bond acceptors (Lipinski definition) is 22. The lowest BCUT2D eigenvalue weighted by Crippen LogP contribution is -2.35. The molecule has 0 atom stereocenters. The third-order valence-electron chi connectivity index (χ3n) is 10.9. The third kappa shape index (κ3) is 63.4. The average Bonchev–Trinajstić information content (AvgIpc) is 0.973. The lowest BCUT2D eigenvalue weighted by Gasteiger charge is -2.18. The molecule has 0 saturated carbocycles. The molecule has 1 rings (SSSR count). The van der Waals surface area contributed by atoms with E-state index in [1.165, 1.54) is 6.07 Å². The van der Waals surface area contributed by atoms with Crippen molar-refractivity contribution in [1.29, 1.82) is 0 Å². The van der Waals surface area contributed by atoms with Crippen LogP contribution in [0.5, 0.6) is 17.2 Å². The second kappa shape index (κ2) is 59.3. The van der Waals surface area contributed by atoms with Gasteiger partial charge in [0.05, 0.1) is 67.7 Å². The van der Waals surface area contributed by atoms with Gasteiger partial charge in [-0.25, -0.2) is 28.8 Å². The lowest BCUT2D eigenvalue weighted by atomic mass is 10.2. The molecule has 0 saturated heterocycles. The van der Waals surface area contributed by atoms with Gasteiger partial charge in [0.25, 0.3) is 0 Å². The third-order valence-corrected chi connectivity index (χ3v) is 10.9. The molecule has 1 aromatic carbocycles. The second-order valence-electron chi connectivity index (χ2n) is 20.9. The van der Waals surface area contributed by atoms with Crippen LogP contribution < -0.4 is 46.1 Å². The molecular formula is C66H108N6O22. The summed E-state index contributed by atoms with van der Waals surface area (Å²) in [6.45, 7) is 47.1. The van der Waals surface area contributed by atoms with Gasteiger partial charge in [-0.1, -0.05) is 49.6 Å². The molecule has 0 radical (unpaired) electrons. The molecule has 6 N–H and O–H groups in total. The number of rotatable bonds is 52. The number of carbonyl (C=O) groups excluding carboxylic acids is 6. The Balaban J connectivity index is 0. The average molecular weight is 1340 g/mol. The van der Waals surface area contributed by atoms with Crippen LogP contribution in [-0.4, -0.2) is 163 Å². The molecule has 0 fully saturated rings. The van der Waals surface area contributed by atoms with Crippen molar-refractivity contribution < 1.29 is 105 Å². The summed E-state index contributed by atoms with van der Waals surface area (Å²) in [5.74, 6) is 3.08. The summed E-state index contributed by atoms with van der Waals surface area (Å²) < 4.78 is 82.9. The van der Waals surface area contributed by atoms with Crippen LogP contribution >= 0.6 is 0 Å². The molecule has 6 amide bonds. The van der Waals surface area contributed by atoms with Gasteiger partial charge in [-0.2, -0.15) is 0 Å². The first kappa shape index (κ1) is 87.3. The Morgan fingerprint density at radius 1 is 0.340 bits per heavy atom. The second-order valence-corrected chi connectivity index (χ2v) is 20.9. The van der Waals surface area contributed by atoms with E-state index in [9.17, 15) is 28.8 Å². The number of allylic oxidation sites excluding steroid dienone is 8. The van der Waals surface area contributed by atoms with E-state index in [1.807, 2.05) is 20.8 Å². The molecule has 0 aromatic heterocycles. The molecule has 94 heavy (non-hydrogen) atoms. The Hall–Kier alpha value is -8.76. The molecule has 534 valence electrons. The van der Waals surface area contributed by atoms with Crippen molar-refractivity contribution in [3.05, 3.63) is 116 Å². The fourth-order valence-electron chi connectivity index (χ4n) is 6.20. The zero-order valence-corrected chi connectivity index (χ0v) is 57.0. The van der Waals surface area contributed by atoms with Crippen LogP contribution in [0.2, 0.25) is 0 Å². The number of benzene rings is 1. The van der Waals surface area contributed by atoms with Gasteiger partial charge in [0.1, 0.15) is 25.6 Å². The molecule has 0 aliphatic carbocycles. The highest BCUT2D eigenvalue weighted by atomic mass is 16.7. The molecule has 0 heterocycles. The number of unbranched alkanes of at least 4 members (excludes halogenated alkanes) is 3. The normalized spacial score (nSPS) is 10.1. The maximum Gasteiger partial charge on any atom is 0.412 e. The van der Waals surface area contributed by atoms with E-state index in [-0.39, 0.29) is 86.2 Å². The molecule has 0 aliphatic rings. The predicted molar refractivity (Wildman–Crippen MR) is 354 cm³/mol. The van der Waals surface area contributed by atoms with Crippen LogP contribution in [0.3, 0.4) is 0 Å². The Kier molecular flexibility index (Phi) is 55.0. The standard InChI is InChI=1S/C25H43N3O10.C21H29NO6.C20H36N2O6/c1-19(2)8-7-9-26-23(29)34-14-22(15-35-24(30)27-10-12-32-17-37-20(3)4)16-36-25(31)28-11-13-33-18-38-21(5)6;1-15(2)8-7-11-22-21(23)28-18-9-10-19(26-13-24-16(3)4)20(12-18)27-14-25-17(5)6;1-17(2)10-9-11-21-19(23)26-13-7-5-6-8-14-27-20(24)22-12-15-25-16-28-18(3)4/h22H,1,3,5,7-18H2,2,4,6H3,(H,26,29)(H,27,30)(H,28,31);9-10,12H,1,3,5,7-8,11,13-14H2,2,4,6H3,(H,22,23);1,3,5-16H2,2,4H3,(H,21,23)(H,22,24). The summed E-state index contributed by atoms with van der Waals surface area (Å²) in [5.41, 5.74) is 3.19. The van der Waals surface area contributed by atoms with Gasteiger partial charge < -0.3 is 108 Å². The maximum atomic E-state index is 12.0.